The maximum Gasteiger partial charge on any atom is 3.00 e. The second-order valence-corrected chi connectivity index (χ2v) is 17.6. The monoisotopic (exact) mass is 1090 g/mol. The summed E-state index contributed by atoms with van der Waals surface area (Å²) in [5, 5.41) is 0. The Bertz CT molecular complexity index is 3380. The third kappa shape index (κ3) is 11.0. The van der Waals surface area contributed by atoms with Gasteiger partial charge in [-0.3, -0.25) is 4.98 Å². The molecule has 71 heavy (non-hydrogen) atoms. The van der Waals surface area contributed by atoms with Crippen LogP contribution in [0, 0.1) is 18.2 Å². The van der Waals surface area contributed by atoms with Crippen LogP contribution in [0.1, 0.15) is 22.3 Å². The van der Waals surface area contributed by atoms with Crippen molar-refractivity contribution in [3.63, 3.8) is 0 Å². The molecular weight excluding hydrogens is 1040 g/mol. The minimum atomic E-state index is 0. The summed E-state index contributed by atoms with van der Waals surface area (Å²) in [4.78, 5) is 14.2. The molecule has 0 saturated carbocycles. The minimum Gasteiger partial charge on any atom is -0.305 e. The summed E-state index contributed by atoms with van der Waals surface area (Å²) in [6, 6.07) is 92.3. The van der Waals surface area contributed by atoms with Crippen molar-refractivity contribution >= 4 is 0 Å². The van der Waals surface area contributed by atoms with E-state index in [-0.39, 0.29) is 20.1 Å². The summed E-state index contributed by atoms with van der Waals surface area (Å²) in [6.45, 7) is 0. The van der Waals surface area contributed by atoms with E-state index in [0.717, 1.165) is 93.0 Å². The Morgan fingerprint density at radius 2 is 0.775 bits per heavy atom. The molecule has 3 aromatic heterocycles. The number of hydrogen-bond acceptors (Lipinski definition) is 3. The fraction of sp³-hybridized carbons (Fsp3) is 0.0597. The van der Waals surface area contributed by atoms with E-state index in [1.165, 1.54) is 44.5 Å². The Labute approximate surface area is 431 Å². The first-order valence-corrected chi connectivity index (χ1v) is 24.0. The molecule has 11 aromatic rings. The number of rotatable bonds is 14. The Kier molecular flexibility index (Phi) is 14.5. The van der Waals surface area contributed by atoms with E-state index in [2.05, 4.69) is 216 Å². The first kappa shape index (κ1) is 46.6. The van der Waals surface area contributed by atoms with Crippen molar-refractivity contribution in [2.24, 2.45) is 0 Å². The number of benzene rings is 8. The maximum atomic E-state index is 5.16. The molecule has 0 spiro atoms. The molecule has 0 fully saturated rings. The van der Waals surface area contributed by atoms with Gasteiger partial charge in [0.05, 0.1) is 5.69 Å². The van der Waals surface area contributed by atoms with Gasteiger partial charge in [0.15, 0.2) is 0 Å². The van der Waals surface area contributed by atoms with E-state index >= 15 is 0 Å². The van der Waals surface area contributed by atoms with Gasteiger partial charge < -0.3 is 9.97 Å². The molecule has 8 aromatic carbocycles. The van der Waals surface area contributed by atoms with Crippen LogP contribution < -0.4 is 0 Å². The Balaban J connectivity index is 0.00000582. The first-order chi connectivity index (χ1) is 34.7. The Hall–Kier alpha value is -8.14. The molecule has 3 nitrogen and oxygen atoms in total. The van der Waals surface area contributed by atoms with Gasteiger partial charge in [0.25, 0.3) is 0 Å². The van der Waals surface area contributed by atoms with E-state index in [0.29, 0.717) is 0 Å². The zero-order valence-corrected chi connectivity index (χ0v) is 41.5. The van der Waals surface area contributed by atoms with Crippen LogP contribution in [-0.2, 0) is 45.8 Å². The predicted molar refractivity (Wildman–Crippen MR) is 288 cm³/mol. The second-order valence-electron chi connectivity index (χ2n) is 17.6. The van der Waals surface area contributed by atoms with Gasteiger partial charge in [-0.1, -0.05) is 193 Å². The third-order valence-electron chi connectivity index (χ3n) is 13.0. The van der Waals surface area contributed by atoms with Gasteiger partial charge in [0.1, 0.15) is 0 Å². The van der Waals surface area contributed by atoms with E-state index in [1.807, 2.05) is 54.9 Å². The van der Waals surface area contributed by atoms with Crippen molar-refractivity contribution < 1.29 is 20.1 Å². The van der Waals surface area contributed by atoms with Crippen LogP contribution in [-0.4, -0.2) is 15.0 Å². The standard InChI is InChI=1S/C67H48N3.Ir/c1-3-14-52(15-4-1)53-36-38-54(39-37-53)63-47-58(67-23-13-22-66(70-67)55-16-5-2-6-17-55)40-41-62(63)61-19-8-7-18-60(61)59-45-50(26-24-48-28-32-56(33-29-48)64-20-9-11-42-68-64)44-51(46-59)27-25-49-30-34-57(35-31-49)65-21-10-12-43-69-65;/h1-23,28-32,34,36-39,41-47H,24-27H2;/q-3;+3. The second kappa shape index (κ2) is 22.1. The smallest absolute Gasteiger partial charge is 0.305 e. The van der Waals surface area contributed by atoms with Gasteiger partial charge >= 0.3 is 20.1 Å². The molecule has 0 bridgehead atoms. The normalized spacial score (nSPS) is 10.9. The van der Waals surface area contributed by atoms with E-state index in [9.17, 15) is 0 Å². The van der Waals surface area contributed by atoms with Crippen LogP contribution in [0.4, 0.5) is 0 Å². The molecule has 340 valence electrons. The molecule has 0 aliphatic carbocycles. The van der Waals surface area contributed by atoms with Crippen LogP contribution in [0.3, 0.4) is 0 Å². The fourth-order valence-electron chi connectivity index (χ4n) is 9.27. The van der Waals surface area contributed by atoms with Gasteiger partial charge in [0.2, 0.25) is 0 Å². The molecule has 4 heteroatoms. The van der Waals surface area contributed by atoms with Crippen LogP contribution in [0.25, 0.3) is 89.5 Å². The van der Waals surface area contributed by atoms with Gasteiger partial charge in [0, 0.05) is 12.4 Å². The number of hydrogen-bond donors (Lipinski definition) is 0. The number of nitrogens with zero attached hydrogens (tertiary/aromatic N) is 3. The number of aryl methyl sites for hydroxylation is 4. The molecule has 0 amide bonds. The van der Waals surface area contributed by atoms with E-state index in [4.69, 9.17) is 4.98 Å². The number of aromatic nitrogens is 3. The quantitative estimate of drug-likeness (QED) is 0.102. The largest absolute Gasteiger partial charge is 3.00 e. The van der Waals surface area contributed by atoms with Gasteiger partial charge in [-0.15, -0.1) is 94.5 Å². The maximum absolute atomic E-state index is 5.16. The van der Waals surface area contributed by atoms with Crippen molar-refractivity contribution in [1.82, 2.24) is 15.0 Å². The van der Waals surface area contributed by atoms with Crippen molar-refractivity contribution in [1.29, 1.82) is 0 Å². The minimum absolute atomic E-state index is 0. The van der Waals surface area contributed by atoms with Gasteiger partial charge in [-0.05, 0) is 92.6 Å². The van der Waals surface area contributed by atoms with E-state index < -0.39 is 0 Å². The van der Waals surface area contributed by atoms with Gasteiger partial charge in [-0.25, -0.2) is 0 Å². The molecule has 0 atom stereocenters. The molecule has 0 N–H and O–H groups in total. The average molecular weight is 1090 g/mol. The summed E-state index contributed by atoms with van der Waals surface area (Å²) in [6.07, 6.45) is 7.23. The van der Waals surface area contributed by atoms with Crippen LogP contribution in [0.2, 0.25) is 0 Å². The molecular formula is C67H48IrN3. The molecule has 0 saturated heterocycles. The fourth-order valence-corrected chi connectivity index (χ4v) is 9.27. The molecule has 11 rings (SSSR count). The summed E-state index contributed by atoms with van der Waals surface area (Å²) in [7, 11) is 0. The molecule has 0 aliphatic heterocycles. The molecule has 0 unspecified atom stereocenters. The van der Waals surface area contributed by atoms with Crippen LogP contribution in [0.5, 0.6) is 0 Å². The molecule has 0 aliphatic rings. The van der Waals surface area contributed by atoms with E-state index in [1.54, 1.807) is 0 Å². The predicted octanol–water partition coefficient (Wildman–Crippen LogP) is 16.2. The zero-order chi connectivity index (χ0) is 46.9. The van der Waals surface area contributed by atoms with Crippen molar-refractivity contribution in [3.8, 4) is 89.5 Å². The topological polar surface area (TPSA) is 38.7 Å². The number of pyridine rings is 3. The molecule has 0 radical (unpaired) electrons. The third-order valence-corrected chi connectivity index (χ3v) is 13.0. The van der Waals surface area contributed by atoms with Gasteiger partial charge in [-0.2, -0.15) is 0 Å². The summed E-state index contributed by atoms with van der Waals surface area (Å²) in [5.41, 5.74) is 22.1. The SMILES string of the molecule is [Ir+3].[c-]1cc(CCc2cc(CCc3c[c-]c(-c4ccccn4)cc3)cc(-c3ccccc3-c3c[c-]c(-c4cccc(-c5ccccc5)n4)cc3-c3ccc(-c4ccccc4)cc3)c2)ccc1-c1ccccn1. The van der Waals surface area contributed by atoms with Crippen molar-refractivity contribution in [3.05, 3.63) is 283 Å². The van der Waals surface area contributed by atoms with Crippen LogP contribution in [0.15, 0.2) is 243 Å². The molecule has 3 heterocycles. The Morgan fingerprint density at radius 3 is 1.35 bits per heavy atom. The zero-order valence-electron chi connectivity index (χ0n) is 39.1. The Morgan fingerprint density at radius 1 is 0.282 bits per heavy atom. The van der Waals surface area contributed by atoms with Crippen molar-refractivity contribution in [2.75, 3.05) is 0 Å². The van der Waals surface area contributed by atoms with Crippen molar-refractivity contribution in [2.45, 2.75) is 25.7 Å². The van der Waals surface area contributed by atoms with Crippen LogP contribution >= 0.6 is 0 Å². The average Bonchev–Trinajstić information content (AvgIpc) is 3.45. The summed E-state index contributed by atoms with van der Waals surface area (Å²) >= 11 is 0. The summed E-state index contributed by atoms with van der Waals surface area (Å²) < 4.78 is 0. The summed E-state index contributed by atoms with van der Waals surface area (Å²) in [5.74, 6) is 0. The first-order valence-electron chi connectivity index (χ1n) is 24.0.